The summed E-state index contributed by atoms with van der Waals surface area (Å²) in [6.45, 7) is 2.09. The lowest BCUT2D eigenvalue weighted by molar-refractivity contribution is 0.919. The molecule has 0 saturated heterocycles. The molecule has 0 bridgehead atoms. The molecule has 1 unspecified atom stereocenters. The van der Waals surface area contributed by atoms with Crippen molar-refractivity contribution in [1.29, 1.82) is 0 Å². The highest BCUT2D eigenvalue weighted by molar-refractivity contribution is 9.10. The second-order valence-electron chi connectivity index (χ2n) is 5.29. The van der Waals surface area contributed by atoms with Gasteiger partial charge in [0, 0.05) is 4.47 Å². The third kappa shape index (κ3) is 3.00. The molecular weight excluding hydrogens is 344 g/mol. The van der Waals surface area contributed by atoms with Crippen LogP contribution in [0.4, 0.5) is 0 Å². The van der Waals surface area contributed by atoms with E-state index in [2.05, 4.69) is 83.5 Å². The third-order valence-electron chi connectivity index (χ3n) is 3.84. The molecule has 0 spiro atoms. The summed E-state index contributed by atoms with van der Waals surface area (Å²) in [5, 5.41) is 2.52. The van der Waals surface area contributed by atoms with E-state index in [1.54, 1.807) is 0 Å². The Hall–Kier alpha value is -1.31. The summed E-state index contributed by atoms with van der Waals surface area (Å²) in [7, 11) is 0. The van der Waals surface area contributed by atoms with Crippen LogP contribution in [0.5, 0.6) is 0 Å². The van der Waals surface area contributed by atoms with Gasteiger partial charge in [-0.3, -0.25) is 0 Å². The van der Waals surface area contributed by atoms with Crippen molar-refractivity contribution < 1.29 is 0 Å². The van der Waals surface area contributed by atoms with Gasteiger partial charge < -0.3 is 0 Å². The third-order valence-corrected chi connectivity index (χ3v) is 5.31. The Balaban J connectivity index is 1.97. The van der Waals surface area contributed by atoms with Gasteiger partial charge in [-0.25, -0.2) is 0 Å². The van der Waals surface area contributed by atoms with Crippen LogP contribution in [0.3, 0.4) is 0 Å². The average molecular weight is 360 g/mol. The van der Waals surface area contributed by atoms with E-state index >= 15 is 0 Å². The smallest absolute Gasteiger partial charge is 0.0636 e. The normalized spacial score (nSPS) is 12.5. The minimum absolute atomic E-state index is 0.0370. The lowest BCUT2D eigenvalue weighted by Gasteiger charge is -2.15. The van der Waals surface area contributed by atoms with Crippen LogP contribution in [0.2, 0.25) is 0 Å². The van der Waals surface area contributed by atoms with Crippen molar-refractivity contribution >= 4 is 38.3 Å². The fourth-order valence-corrected chi connectivity index (χ4v) is 3.71. The Bertz CT molecular complexity index is 774. The molecular formula is C19H16BrCl. The molecule has 0 aliphatic heterocycles. The van der Waals surface area contributed by atoms with Crippen LogP contribution in [0.25, 0.3) is 10.8 Å². The first kappa shape index (κ1) is 14.6. The van der Waals surface area contributed by atoms with Gasteiger partial charge in [-0.1, -0.05) is 76.6 Å². The maximum Gasteiger partial charge on any atom is 0.0636 e. The molecule has 0 radical (unpaired) electrons. The van der Waals surface area contributed by atoms with Gasteiger partial charge in [0.25, 0.3) is 0 Å². The minimum Gasteiger partial charge on any atom is -0.117 e. The summed E-state index contributed by atoms with van der Waals surface area (Å²) in [4.78, 5) is 0. The van der Waals surface area contributed by atoms with Crippen LogP contribution < -0.4 is 0 Å². The number of hydrogen-bond donors (Lipinski definition) is 0. The van der Waals surface area contributed by atoms with Crippen LogP contribution >= 0.6 is 27.5 Å². The van der Waals surface area contributed by atoms with E-state index in [1.165, 1.54) is 21.9 Å². The van der Waals surface area contributed by atoms with Crippen molar-refractivity contribution in [3.8, 4) is 0 Å². The van der Waals surface area contributed by atoms with E-state index < -0.39 is 0 Å². The number of hydrogen-bond acceptors (Lipinski definition) is 0. The quantitative estimate of drug-likeness (QED) is 0.472. The number of rotatable bonds is 3. The average Bonchev–Trinajstić information content (AvgIpc) is 2.50. The number of aryl methyl sites for hydroxylation is 1. The van der Waals surface area contributed by atoms with Crippen molar-refractivity contribution in [2.45, 2.75) is 18.7 Å². The predicted octanol–water partition coefficient (Wildman–Crippen LogP) is 6.43. The topological polar surface area (TPSA) is 0 Å². The highest BCUT2D eigenvalue weighted by atomic mass is 79.9. The zero-order valence-electron chi connectivity index (χ0n) is 11.8. The van der Waals surface area contributed by atoms with Crippen molar-refractivity contribution in [2.75, 3.05) is 0 Å². The maximum atomic E-state index is 6.69. The van der Waals surface area contributed by atoms with Gasteiger partial charge in [0.15, 0.2) is 0 Å². The van der Waals surface area contributed by atoms with E-state index in [1.807, 2.05) is 0 Å². The van der Waals surface area contributed by atoms with Crippen molar-refractivity contribution in [3.05, 3.63) is 81.8 Å². The van der Waals surface area contributed by atoms with Gasteiger partial charge in [0.2, 0.25) is 0 Å². The maximum absolute atomic E-state index is 6.69. The zero-order valence-corrected chi connectivity index (χ0v) is 14.2. The zero-order chi connectivity index (χ0) is 14.8. The van der Waals surface area contributed by atoms with Gasteiger partial charge in [-0.15, -0.1) is 11.6 Å². The number of fused-ring (bicyclic) bond motifs is 1. The van der Waals surface area contributed by atoms with Gasteiger partial charge >= 0.3 is 0 Å². The summed E-state index contributed by atoms with van der Waals surface area (Å²) in [6, 6.07) is 21.1. The van der Waals surface area contributed by atoms with Gasteiger partial charge in [-0.2, -0.15) is 0 Å². The van der Waals surface area contributed by atoms with Crippen LogP contribution in [0.1, 0.15) is 22.1 Å². The standard InChI is InChI=1S/C19H16BrCl/c1-13-6-4-11-17(19(13)20)18(21)12-15-9-5-8-14-7-2-3-10-16(14)15/h2-11,18H,12H2,1H3. The van der Waals surface area contributed by atoms with E-state index in [-0.39, 0.29) is 5.38 Å². The Morgan fingerprint density at radius 1 is 0.952 bits per heavy atom. The van der Waals surface area contributed by atoms with Crippen molar-refractivity contribution in [1.82, 2.24) is 0 Å². The first-order chi connectivity index (χ1) is 10.2. The molecule has 1 atom stereocenters. The fourth-order valence-electron chi connectivity index (χ4n) is 2.69. The summed E-state index contributed by atoms with van der Waals surface area (Å²) in [5.74, 6) is 0. The first-order valence-corrected chi connectivity index (χ1v) is 8.25. The van der Waals surface area contributed by atoms with Crippen LogP contribution in [0.15, 0.2) is 65.1 Å². The Labute approximate surface area is 138 Å². The molecule has 21 heavy (non-hydrogen) atoms. The second kappa shape index (κ2) is 6.21. The Morgan fingerprint density at radius 2 is 1.67 bits per heavy atom. The number of alkyl halides is 1. The molecule has 3 aromatic carbocycles. The molecule has 3 rings (SSSR count). The lowest BCUT2D eigenvalue weighted by atomic mass is 9.97. The first-order valence-electron chi connectivity index (χ1n) is 7.02. The van der Waals surface area contributed by atoms with Gasteiger partial charge in [0.05, 0.1) is 5.38 Å². The monoisotopic (exact) mass is 358 g/mol. The van der Waals surface area contributed by atoms with Gasteiger partial charge in [0.1, 0.15) is 0 Å². The summed E-state index contributed by atoms with van der Waals surface area (Å²) in [5.41, 5.74) is 3.67. The predicted molar refractivity (Wildman–Crippen MR) is 95.1 cm³/mol. The number of halogens is 2. The highest BCUT2D eigenvalue weighted by Gasteiger charge is 2.14. The molecule has 3 aromatic rings. The molecule has 106 valence electrons. The second-order valence-corrected chi connectivity index (χ2v) is 6.61. The molecule has 0 saturated carbocycles. The molecule has 0 amide bonds. The molecule has 0 heterocycles. The Kier molecular flexibility index (Phi) is 4.32. The van der Waals surface area contributed by atoms with Crippen molar-refractivity contribution in [2.24, 2.45) is 0 Å². The summed E-state index contributed by atoms with van der Waals surface area (Å²) in [6.07, 6.45) is 0.824. The molecule has 0 aliphatic carbocycles. The largest absolute Gasteiger partial charge is 0.117 e. The molecule has 0 aliphatic rings. The molecule has 0 aromatic heterocycles. The Morgan fingerprint density at radius 3 is 2.52 bits per heavy atom. The highest BCUT2D eigenvalue weighted by Crippen LogP contribution is 2.34. The molecule has 2 heteroatoms. The minimum atomic E-state index is -0.0370. The molecule has 0 nitrogen and oxygen atoms in total. The van der Waals surface area contributed by atoms with E-state index in [9.17, 15) is 0 Å². The van der Waals surface area contributed by atoms with Crippen LogP contribution in [-0.4, -0.2) is 0 Å². The van der Waals surface area contributed by atoms with E-state index in [0.717, 1.165) is 16.5 Å². The summed E-state index contributed by atoms with van der Waals surface area (Å²) < 4.78 is 1.12. The van der Waals surface area contributed by atoms with E-state index in [4.69, 9.17) is 11.6 Å². The lowest BCUT2D eigenvalue weighted by Crippen LogP contribution is -1.99. The van der Waals surface area contributed by atoms with Crippen LogP contribution in [0, 0.1) is 6.92 Å². The fraction of sp³-hybridized carbons (Fsp3) is 0.158. The number of benzene rings is 3. The molecule has 0 N–H and O–H groups in total. The SMILES string of the molecule is Cc1cccc(C(Cl)Cc2cccc3ccccc23)c1Br. The van der Waals surface area contributed by atoms with Crippen molar-refractivity contribution in [3.63, 3.8) is 0 Å². The molecule has 0 fully saturated rings. The van der Waals surface area contributed by atoms with E-state index in [0.29, 0.717) is 0 Å². The summed E-state index contributed by atoms with van der Waals surface area (Å²) >= 11 is 10.3. The van der Waals surface area contributed by atoms with Gasteiger partial charge in [-0.05, 0) is 40.8 Å². The van der Waals surface area contributed by atoms with Crippen LogP contribution in [-0.2, 0) is 6.42 Å².